The Morgan fingerprint density at radius 3 is 1.71 bits per heavy atom. The van der Waals surface area contributed by atoms with Crippen LogP contribution in [-0.2, 0) is 30.3 Å². The van der Waals surface area contributed by atoms with E-state index in [0.717, 1.165) is 11.1 Å². The van der Waals surface area contributed by atoms with E-state index in [9.17, 15) is 23.4 Å². The molecule has 1 aromatic heterocycles. The molecule has 3 aromatic rings. The van der Waals surface area contributed by atoms with Crippen molar-refractivity contribution in [3.8, 4) is 5.75 Å². The Balaban J connectivity index is 0.000000767. The number of hydrogen-bond acceptors (Lipinski definition) is 4. The van der Waals surface area contributed by atoms with E-state index in [1.54, 1.807) is 45.0 Å². The topological polar surface area (TPSA) is 71.4 Å². The van der Waals surface area contributed by atoms with Crippen molar-refractivity contribution < 1.29 is 42.9 Å². The van der Waals surface area contributed by atoms with Crippen LogP contribution in [0.5, 0.6) is 5.75 Å². The molecule has 0 radical (unpaired) electrons. The van der Waals surface area contributed by atoms with Gasteiger partial charge in [0.05, 0.1) is 16.5 Å². The third-order valence-corrected chi connectivity index (χ3v) is 5.78. The van der Waals surface area contributed by atoms with Gasteiger partial charge >= 0.3 is 25.7 Å². The fourth-order valence-electron chi connectivity index (χ4n) is 3.54. The van der Waals surface area contributed by atoms with E-state index >= 15 is 0 Å². The summed E-state index contributed by atoms with van der Waals surface area (Å²) in [4.78, 5) is 7.74. The Bertz CT molecular complexity index is 1320. The van der Waals surface area contributed by atoms with Crippen molar-refractivity contribution >= 4 is 45.5 Å². The molecular formula is C32H39Cl2F3N2O2Zn. The molecule has 0 fully saturated rings. The molecule has 2 aromatic carbocycles. The molecule has 10 heteroatoms. The van der Waals surface area contributed by atoms with Crippen LogP contribution in [0.2, 0.25) is 0 Å². The summed E-state index contributed by atoms with van der Waals surface area (Å²) >= 11 is 9.53. The second kappa shape index (κ2) is 16.1. The third-order valence-electron chi connectivity index (χ3n) is 5.78. The molecule has 3 rings (SSSR count). The van der Waals surface area contributed by atoms with Gasteiger partial charge < -0.3 is 10.2 Å². The molecule has 0 saturated heterocycles. The molecule has 0 unspecified atom stereocenters. The van der Waals surface area contributed by atoms with Crippen LogP contribution in [0.3, 0.4) is 0 Å². The predicted octanol–water partition coefficient (Wildman–Crippen LogP) is 8.93. The summed E-state index contributed by atoms with van der Waals surface area (Å²) in [6, 6.07) is 14.1. The zero-order valence-corrected chi connectivity index (χ0v) is 30.3. The largest absolute Gasteiger partial charge is 2.00 e. The Morgan fingerprint density at radius 2 is 1.29 bits per heavy atom. The standard InChI is InChI=1S/C17H17F3N2O.C14H22O.CH2Cl2.Zn/c1-16(2,3)14(23)10-13(17(18,19)20)22-12-8-4-6-11-7-5-9-21-15(11)12;1-13(2,3)10-8-7-9-11(12(10)15)14(4,5)6;2-1-3;/h4-10,23H,1-3H3;7-9,15H,1-6H3;1H2;/q;;;+2/p-2/b14-10-,22-13?;;;. The van der Waals surface area contributed by atoms with E-state index in [-0.39, 0.29) is 47.1 Å². The van der Waals surface area contributed by atoms with Crippen LogP contribution >= 0.6 is 23.2 Å². The first-order chi connectivity index (χ1) is 18.6. The number of fused-ring (bicyclic) bond motifs is 1. The van der Waals surface area contributed by atoms with Crippen LogP contribution in [0.25, 0.3) is 10.9 Å². The predicted molar refractivity (Wildman–Crippen MR) is 162 cm³/mol. The Hall–Kier alpha value is -2.15. The van der Waals surface area contributed by atoms with Crippen LogP contribution < -0.4 is 10.2 Å². The van der Waals surface area contributed by atoms with Gasteiger partial charge in [-0.05, 0) is 34.5 Å². The fraction of sp³-hybridized carbons (Fsp3) is 0.438. The maximum atomic E-state index is 13.2. The molecule has 42 heavy (non-hydrogen) atoms. The molecule has 0 atom stereocenters. The van der Waals surface area contributed by atoms with Gasteiger partial charge in [-0.25, -0.2) is 4.99 Å². The third kappa shape index (κ3) is 12.2. The maximum absolute atomic E-state index is 13.2. The van der Waals surface area contributed by atoms with Crippen molar-refractivity contribution in [1.29, 1.82) is 0 Å². The fourth-order valence-corrected chi connectivity index (χ4v) is 3.54. The second-order valence-electron chi connectivity index (χ2n) is 12.4. The number of allylic oxidation sites excluding steroid dienone is 2. The summed E-state index contributed by atoms with van der Waals surface area (Å²) in [6.07, 6.45) is -2.68. The molecule has 0 N–H and O–H groups in total. The molecule has 1 heterocycles. The Labute approximate surface area is 270 Å². The summed E-state index contributed by atoms with van der Waals surface area (Å²) in [5, 5.41) is 25.1. The van der Waals surface area contributed by atoms with Gasteiger partial charge in [0, 0.05) is 11.6 Å². The molecule has 4 nitrogen and oxygen atoms in total. The first-order valence-corrected chi connectivity index (χ1v) is 14.0. The number of aliphatic imine (C=N–C) groups is 1. The zero-order chi connectivity index (χ0) is 31.8. The van der Waals surface area contributed by atoms with Gasteiger partial charge in [-0.15, -0.1) is 34.7 Å². The Morgan fingerprint density at radius 1 is 0.833 bits per heavy atom. The van der Waals surface area contributed by atoms with E-state index in [2.05, 4.69) is 51.5 Å². The number of halogens is 5. The van der Waals surface area contributed by atoms with Gasteiger partial charge in [0.2, 0.25) is 0 Å². The molecule has 0 saturated carbocycles. The van der Waals surface area contributed by atoms with E-state index in [4.69, 9.17) is 23.2 Å². The minimum atomic E-state index is -4.72. The first-order valence-electron chi connectivity index (χ1n) is 13.0. The van der Waals surface area contributed by atoms with Crippen molar-refractivity contribution in [2.24, 2.45) is 10.4 Å². The number of aromatic nitrogens is 1. The molecule has 0 amide bonds. The number of pyridine rings is 1. The average Bonchev–Trinajstić information content (AvgIpc) is 2.82. The van der Waals surface area contributed by atoms with Gasteiger partial charge in [-0.3, -0.25) is 4.98 Å². The Kier molecular flexibility index (Phi) is 15.3. The second-order valence-corrected chi connectivity index (χ2v) is 13.2. The van der Waals surface area contributed by atoms with E-state index < -0.39 is 23.1 Å². The zero-order valence-electron chi connectivity index (χ0n) is 25.8. The van der Waals surface area contributed by atoms with Gasteiger partial charge in [0.25, 0.3) is 0 Å². The maximum Gasteiger partial charge on any atom is 2.00 e. The minimum absolute atomic E-state index is 0. The SMILES string of the molecule is CC(C)(C)/C([O-])=C/C(=Nc1cccc2cccnc12)C(F)(F)F.CC(C)(C)c1cccc(C(C)(C)C)c1[O-].ClCCl.[Zn+2]. The molecule has 0 aliphatic carbocycles. The normalized spacial score (nSPS) is 12.9. The molecule has 0 spiro atoms. The van der Waals surface area contributed by atoms with Crippen molar-refractivity contribution in [1.82, 2.24) is 4.98 Å². The van der Waals surface area contributed by atoms with Crippen molar-refractivity contribution in [2.75, 3.05) is 5.34 Å². The monoisotopic (exact) mass is 674 g/mol. The van der Waals surface area contributed by atoms with Crippen LogP contribution in [0, 0.1) is 5.41 Å². The number of nitrogens with zero attached hydrogens (tertiary/aromatic N) is 2. The van der Waals surface area contributed by atoms with Crippen molar-refractivity contribution in [3.63, 3.8) is 0 Å². The number of alkyl halides is 5. The van der Waals surface area contributed by atoms with E-state index in [1.165, 1.54) is 12.3 Å². The number of hydrogen-bond donors (Lipinski definition) is 0. The molecule has 0 bridgehead atoms. The molecular weight excluding hydrogens is 638 g/mol. The average molecular weight is 677 g/mol. The summed E-state index contributed by atoms with van der Waals surface area (Å²) < 4.78 is 39.7. The van der Waals surface area contributed by atoms with Gasteiger partial charge in [0.1, 0.15) is 5.71 Å². The number of rotatable bonds is 2. The smallest absolute Gasteiger partial charge is 0.875 e. The quantitative estimate of drug-likeness (QED) is 0.118. The van der Waals surface area contributed by atoms with Crippen molar-refractivity contribution in [2.45, 2.75) is 79.3 Å². The number of para-hydroxylation sites is 2. The molecule has 0 aliphatic rings. The van der Waals surface area contributed by atoms with E-state index in [0.29, 0.717) is 17.0 Å². The van der Waals surface area contributed by atoms with E-state index in [1.807, 2.05) is 18.2 Å². The summed E-state index contributed by atoms with van der Waals surface area (Å²) in [6.45, 7) is 17.1. The number of benzene rings is 2. The van der Waals surface area contributed by atoms with Crippen LogP contribution in [0.1, 0.15) is 73.4 Å². The van der Waals surface area contributed by atoms with Crippen LogP contribution in [0.4, 0.5) is 18.9 Å². The van der Waals surface area contributed by atoms with Gasteiger partial charge in [-0.1, -0.05) is 110 Å². The summed E-state index contributed by atoms with van der Waals surface area (Å²) in [5.41, 5.74) is -0.0261. The molecule has 226 valence electrons. The van der Waals surface area contributed by atoms with Gasteiger partial charge in [0.15, 0.2) is 0 Å². The van der Waals surface area contributed by atoms with Crippen molar-refractivity contribution in [3.05, 3.63) is 77.7 Å². The summed E-state index contributed by atoms with van der Waals surface area (Å²) in [5.74, 6) is -0.431. The van der Waals surface area contributed by atoms with Crippen LogP contribution in [0.15, 0.2) is 71.6 Å². The first kappa shape index (κ1) is 39.9. The minimum Gasteiger partial charge on any atom is -0.875 e. The van der Waals surface area contributed by atoms with Gasteiger partial charge in [-0.2, -0.15) is 13.2 Å². The summed E-state index contributed by atoms with van der Waals surface area (Å²) in [7, 11) is 0. The molecule has 0 aliphatic heterocycles. The van der Waals surface area contributed by atoms with Crippen LogP contribution in [-0.4, -0.2) is 22.2 Å².